The molecule has 2 heteroatoms. The van der Waals surface area contributed by atoms with Gasteiger partial charge >= 0.3 is 0 Å². The first-order valence-corrected chi connectivity index (χ1v) is 5.77. The van der Waals surface area contributed by atoms with Crippen molar-refractivity contribution < 1.29 is 0 Å². The number of rotatable bonds is 0. The van der Waals surface area contributed by atoms with Crippen LogP contribution in [0.15, 0.2) is 0 Å². The molecule has 3 unspecified atom stereocenters. The van der Waals surface area contributed by atoms with Crippen LogP contribution in [-0.2, 0) is 0 Å². The van der Waals surface area contributed by atoms with Crippen LogP contribution in [0.4, 0.5) is 0 Å². The van der Waals surface area contributed by atoms with E-state index in [-0.39, 0.29) is 0 Å². The van der Waals surface area contributed by atoms with Crippen molar-refractivity contribution >= 4 is 31.9 Å². The summed E-state index contributed by atoms with van der Waals surface area (Å²) < 4.78 is 0.517. The second-order valence-electron chi connectivity index (χ2n) is 3.58. The highest BCUT2D eigenvalue weighted by atomic mass is 79.9. The molecule has 2 rings (SSSR count). The minimum Gasteiger partial charge on any atom is -0.0875 e. The summed E-state index contributed by atoms with van der Waals surface area (Å²) >= 11 is 7.59. The summed E-state index contributed by atoms with van der Waals surface area (Å²) in [7, 11) is 0. The summed E-state index contributed by atoms with van der Waals surface area (Å²) in [5, 5.41) is 0. The van der Waals surface area contributed by atoms with E-state index >= 15 is 0 Å². The quantitative estimate of drug-likeness (QED) is 0.590. The van der Waals surface area contributed by atoms with Gasteiger partial charge in [-0.15, -0.1) is 0 Å². The van der Waals surface area contributed by atoms with Crippen molar-refractivity contribution in [2.45, 2.75) is 41.3 Å². The number of hydrogen-bond acceptors (Lipinski definition) is 0. The molecule has 3 atom stereocenters. The molecule has 0 heterocycles. The van der Waals surface area contributed by atoms with Crippen LogP contribution in [0.1, 0.15) is 32.1 Å². The Labute approximate surface area is 79.0 Å². The van der Waals surface area contributed by atoms with E-state index in [2.05, 4.69) is 31.9 Å². The summed E-state index contributed by atoms with van der Waals surface area (Å²) in [5.41, 5.74) is 0. The Morgan fingerprint density at radius 2 is 1.90 bits per heavy atom. The summed E-state index contributed by atoms with van der Waals surface area (Å²) in [6, 6.07) is 0. The molecule has 0 bridgehead atoms. The lowest BCUT2D eigenvalue weighted by atomic mass is 10.2. The van der Waals surface area contributed by atoms with Crippen molar-refractivity contribution in [3.63, 3.8) is 0 Å². The van der Waals surface area contributed by atoms with Crippen LogP contribution in [0.2, 0.25) is 0 Å². The lowest BCUT2D eigenvalue weighted by molar-refractivity contribution is 0.650. The SMILES string of the molecule is BrC1CCCCC2CC12Br. The molecule has 0 saturated heterocycles. The summed E-state index contributed by atoms with van der Waals surface area (Å²) in [6.07, 6.45) is 7.08. The van der Waals surface area contributed by atoms with E-state index in [0.717, 1.165) is 10.7 Å². The Morgan fingerprint density at radius 1 is 1.20 bits per heavy atom. The molecule has 2 aliphatic carbocycles. The summed E-state index contributed by atoms with van der Waals surface area (Å²) in [5.74, 6) is 0.986. The standard InChI is InChI=1S/C8H12Br2/c9-7-4-2-1-3-6-5-8(6,7)10/h6-7H,1-5H2. The minimum absolute atomic E-state index is 0.517. The number of halogens is 2. The van der Waals surface area contributed by atoms with Crippen molar-refractivity contribution in [2.75, 3.05) is 0 Å². The Bertz CT molecular complexity index is 144. The van der Waals surface area contributed by atoms with E-state index in [1.54, 1.807) is 0 Å². The maximum absolute atomic E-state index is 3.83. The van der Waals surface area contributed by atoms with E-state index in [1.165, 1.54) is 32.1 Å². The number of alkyl halides is 2. The lowest BCUT2D eigenvalue weighted by Gasteiger charge is -2.13. The third-order valence-electron chi connectivity index (χ3n) is 2.86. The van der Waals surface area contributed by atoms with Gasteiger partial charge in [0.15, 0.2) is 0 Å². The van der Waals surface area contributed by atoms with Gasteiger partial charge in [0.1, 0.15) is 0 Å². The molecule has 0 aromatic heterocycles. The van der Waals surface area contributed by atoms with Crippen molar-refractivity contribution in [3.05, 3.63) is 0 Å². The molecule has 2 saturated carbocycles. The largest absolute Gasteiger partial charge is 0.0875 e. The molecule has 2 aliphatic rings. The van der Waals surface area contributed by atoms with E-state index in [9.17, 15) is 0 Å². The van der Waals surface area contributed by atoms with Gasteiger partial charge < -0.3 is 0 Å². The van der Waals surface area contributed by atoms with Crippen LogP contribution in [0, 0.1) is 5.92 Å². The zero-order chi connectivity index (χ0) is 7.19. The van der Waals surface area contributed by atoms with E-state index < -0.39 is 0 Å². The number of hydrogen-bond donors (Lipinski definition) is 0. The van der Waals surface area contributed by atoms with Crippen molar-refractivity contribution in [2.24, 2.45) is 5.92 Å². The van der Waals surface area contributed by atoms with Crippen LogP contribution in [-0.4, -0.2) is 9.15 Å². The maximum Gasteiger partial charge on any atom is 0.0414 e. The average molecular weight is 268 g/mol. The fourth-order valence-electron chi connectivity index (χ4n) is 2.00. The first-order chi connectivity index (χ1) is 4.73. The minimum atomic E-state index is 0.517. The highest BCUT2D eigenvalue weighted by molar-refractivity contribution is 9.12. The molecular weight excluding hydrogens is 256 g/mol. The molecule has 10 heavy (non-hydrogen) atoms. The third-order valence-corrected chi connectivity index (χ3v) is 6.27. The van der Waals surface area contributed by atoms with Crippen molar-refractivity contribution in [1.82, 2.24) is 0 Å². The summed E-state index contributed by atoms with van der Waals surface area (Å²) in [4.78, 5) is 0.743. The fourth-order valence-corrected chi connectivity index (χ4v) is 3.73. The normalized spacial score (nSPS) is 53.4. The van der Waals surface area contributed by atoms with Crippen molar-refractivity contribution in [3.8, 4) is 0 Å². The highest BCUT2D eigenvalue weighted by Gasteiger charge is 2.56. The van der Waals surface area contributed by atoms with Gasteiger partial charge in [0.25, 0.3) is 0 Å². The molecule has 0 aliphatic heterocycles. The van der Waals surface area contributed by atoms with E-state index in [1.807, 2.05) is 0 Å². The topological polar surface area (TPSA) is 0 Å². The first-order valence-electron chi connectivity index (χ1n) is 4.06. The van der Waals surface area contributed by atoms with Gasteiger partial charge in [0.05, 0.1) is 0 Å². The fraction of sp³-hybridized carbons (Fsp3) is 1.00. The van der Waals surface area contributed by atoms with Gasteiger partial charge in [0.2, 0.25) is 0 Å². The van der Waals surface area contributed by atoms with E-state index in [0.29, 0.717) is 4.32 Å². The monoisotopic (exact) mass is 266 g/mol. The zero-order valence-corrected chi connectivity index (χ0v) is 9.12. The second kappa shape index (κ2) is 2.48. The zero-order valence-electron chi connectivity index (χ0n) is 5.95. The highest BCUT2D eigenvalue weighted by Crippen LogP contribution is 2.60. The van der Waals surface area contributed by atoms with Gasteiger partial charge in [0, 0.05) is 9.15 Å². The number of fused-ring (bicyclic) bond motifs is 1. The molecule has 0 amide bonds. The van der Waals surface area contributed by atoms with Crippen molar-refractivity contribution in [1.29, 1.82) is 0 Å². The Kier molecular flexibility index (Phi) is 1.88. The van der Waals surface area contributed by atoms with Crippen LogP contribution in [0.5, 0.6) is 0 Å². The van der Waals surface area contributed by atoms with Crippen LogP contribution in [0.3, 0.4) is 0 Å². The Balaban J connectivity index is 2.08. The Morgan fingerprint density at radius 3 is 2.70 bits per heavy atom. The van der Waals surface area contributed by atoms with Crippen LogP contribution < -0.4 is 0 Å². The second-order valence-corrected chi connectivity index (χ2v) is 6.16. The van der Waals surface area contributed by atoms with Gasteiger partial charge in [-0.05, 0) is 25.2 Å². The maximum atomic E-state index is 3.83. The smallest absolute Gasteiger partial charge is 0.0414 e. The third kappa shape index (κ3) is 1.08. The Hall–Kier alpha value is 0.960. The predicted octanol–water partition coefficient (Wildman–Crippen LogP) is 3.48. The molecule has 0 nitrogen and oxygen atoms in total. The van der Waals surface area contributed by atoms with Crippen LogP contribution in [0.25, 0.3) is 0 Å². The van der Waals surface area contributed by atoms with Gasteiger partial charge in [-0.2, -0.15) is 0 Å². The van der Waals surface area contributed by atoms with Gasteiger partial charge in [-0.3, -0.25) is 0 Å². The summed E-state index contributed by atoms with van der Waals surface area (Å²) in [6.45, 7) is 0. The molecule has 0 spiro atoms. The molecule has 0 N–H and O–H groups in total. The van der Waals surface area contributed by atoms with Crippen LogP contribution >= 0.6 is 31.9 Å². The molecule has 0 radical (unpaired) electrons. The first kappa shape index (κ1) is 7.60. The van der Waals surface area contributed by atoms with Gasteiger partial charge in [-0.1, -0.05) is 44.7 Å². The van der Waals surface area contributed by atoms with E-state index in [4.69, 9.17) is 0 Å². The molecule has 0 aromatic rings. The molecule has 58 valence electrons. The molecule has 2 fully saturated rings. The predicted molar refractivity (Wildman–Crippen MR) is 50.9 cm³/mol. The average Bonchev–Trinajstić information content (AvgIpc) is 2.55. The van der Waals surface area contributed by atoms with Gasteiger partial charge in [-0.25, -0.2) is 0 Å². The lowest BCUT2D eigenvalue weighted by Crippen LogP contribution is -2.15. The molecule has 0 aromatic carbocycles. The molecular formula is C8H12Br2.